The second kappa shape index (κ2) is 5.70. The first-order chi connectivity index (χ1) is 9.90. The molecule has 8 heteroatoms. The van der Waals surface area contributed by atoms with Crippen LogP contribution >= 0.6 is 0 Å². The number of nitrogens with one attached hydrogen (secondary N) is 1. The number of aromatic amines is 1. The van der Waals surface area contributed by atoms with Gasteiger partial charge in [-0.2, -0.15) is 5.10 Å². The van der Waals surface area contributed by atoms with Crippen molar-refractivity contribution in [2.24, 2.45) is 0 Å². The number of carboxylic acid groups (broad SMARTS) is 1. The lowest BCUT2D eigenvalue weighted by Crippen LogP contribution is -2.28. The van der Waals surface area contributed by atoms with Crippen molar-refractivity contribution in [1.82, 2.24) is 15.1 Å². The van der Waals surface area contributed by atoms with E-state index in [1.165, 1.54) is 18.1 Å². The highest BCUT2D eigenvalue weighted by molar-refractivity contribution is 6.04. The molecule has 110 valence electrons. The maximum Gasteiger partial charge on any atom is 0.336 e. The zero-order valence-electron chi connectivity index (χ0n) is 10.9. The van der Waals surface area contributed by atoms with Gasteiger partial charge < -0.3 is 10.0 Å². The quantitative estimate of drug-likeness (QED) is 0.898. The first kappa shape index (κ1) is 14.6. The van der Waals surface area contributed by atoms with Gasteiger partial charge in [0.25, 0.3) is 5.91 Å². The molecule has 0 spiro atoms. The van der Waals surface area contributed by atoms with Crippen molar-refractivity contribution < 1.29 is 23.5 Å². The molecule has 0 saturated carbocycles. The van der Waals surface area contributed by atoms with Crippen LogP contribution in [0.1, 0.15) is 26.3 Å². The third-order valence-electron chi connectivity index (χ3n) is 2.84. The molecule has 2 N–H and O–H groups in total. The summed E-state index contributed by atoms with van der Waals surface area (Å²) in [6, 6.07) is 1.09. The van der Waals surface area contributed by atoms with Crippen molar-refractivity contribution in [1.29, 1.82) is 0 Å². The summed E-state index contributed by atoms with van der Waals surface area (Å²) < 4.78 is 26.4. The van der Waals surface area contributed by atoms with Crippen molar-refractivity contribution in [2.75, 3.05) is 7.05 Å². The number of nitrogens with zero attached hydrogens (tertiary/aromatic N) is 2. The predicted molar refractivity (Wildman–Crippen MR) is 67.7 cm³/mol. The molecular formula is C13H11F2N3O3. The van der Waals surface area contributed by atoms with E-state index in [1.807, 2.05) is 0 Å². The van der Waals surface area contributed by atoms with Gasteiger partial charge in [-0.1, -0.05) is 0 Å². The second-order valence-electron chi connectivity index (χ2n) is 4.38. The van der Waals surface area contributed by atoms with Gasteiger partial charge in [-0.15, -0.1) is 0 Å². The number of halogens is 2. The summed E-state index contributed by atoms with van der Waals surface area (Å²) in [5.74, 6) is -4.83. The molecule has 21 heavy (non-hydrogen) atoms. The first-order valence-corrected chi connectivity index (χ1v) is 5.85. The smallest absolute Gasteiger partial charge is 0.336 e. The lowest BCUT2D eigenvalue weighted by molar-refractivity contribution is 0.0679. The minimum Gasteiger partial charge on any atom is -0.478 e. The van der Waals surface area contributed by atoms with Crippen LogP contribution in [0.2, 0.25) is 0 Å². The molecule has 0 aliphatic rings. The maximum absolute atomic E-state index is 13.3. The van der Waals surface area contributed by atoms with Gasteiger partial charge in [0, 0.05) is 25.4 Å². The molecule has 0 fully saturated rings. The van der Waals surface area contributed by atoms with E-state index in [0.717, 1.165) is 0 Å². The Morgan fingerprint density at radius 2 is 1.90 bits per heavy atom. The average Bonchev–Trinajstić information content (AvgIpc) is 2.93. The van der Waals surface area contributed by atoms with Crippen molar-refractivity contribution in [3.63, 3.8) is 0 Å². The van der Waals surface area contributed by atoms with Crippen LogP contribution in [0.5, 0.6) is 0 Å². The Hall–Kier alpha value is -2.77. The van der Waals surface area contributed by atoms with Crippen molar-refractivity contribution in [3.05, 3.63) is 52.9 Å². The summed E-state index contributed by atoms with van der Waals surface area (Å²) in [5, 5.41) is 15.3. The fourth-order valence-corrected chi connectivity index (χ4v) is 1.82. The Balaban J connectivity index is 2.33. The molecule has 2 rings (SSSR count). The zero-order valence-corrected chi connectivity index (χ0v) is 10.9. The fourth-order valence-electron chi connectivity index (χ4n) is 1.82. The number of hydrogen-bond donors (Lipinski definition) is 2. The third kappa shape index (κ3) is 3.04. The molecule has 0 aliphatic heterocycles. The monoisotopic (exact) mass is 295 g/mol. The van der Waals surface area contributed by atoms with E-state index in [-0.39, 0.29) is 6.54 Å². The van der Waals surface area contributed by atoms with Crippen molar-refractivity contribution in [2.45, 2.75) is 6.54 Å². The van der Waals surface area contributed by atoms with Crippen LogP contribution in [0.3, 0.4) is 0 Å². The van der Waals surface area contributed by atoms with Crippen LogP contribution in [0.15, 0.2) is 24.5 Å². The van der Waals surface area contributed by atoms with Gasteiger partial charge in [0.05, 0.1) is 17.3 Å². The molecule has 6 nitrogen and oxygen atoms in total. The van der Waals surface area contributed by atoms with Gasteiger partial charge in [-0.05, 0) is 12.1 Å². The maximum atomic E-state index is 13.3. The number of carbonyl (C=O) groups excluding carboxylic acids is 1. The van der Waals surface area contributed by atoms with E-state index in [2.05, 4.69) is 10.2 Å². The summed E-state index contributed by atoms with van der Waals surface area (Å²) >= 11 is 0. The van der Waals surface area contributed by atoms with E-state index < -0.39 is 34.6 Å². The normalized spacial score (nSPS) is 10.4. The number of hydrogen-bond acceptors (Lipinski definition) is 3. The van der Waals surface area contributed by atoms with Gasteiger partial charge in [-0.25, -0.2) is 13.6 Å². The summed E-state index contributed by atoms with van der Waals surface area (Å²) in [7, 11) is 1.42. The number of H-pyrrole nitrogens is 1. The Morgan fingerprint density at radius 1 is 1.29 bits per heavy atom. The molecule has 0 radical (unpaired) electrons. The molecule has 1 amide bonds. The molecule has 1 heterocycles. The summed E-state index contributed by atoms with van der Waals surface area (Å²) in [6.07, 6.45) is 3.06. The number of aromatic carboxylic acids is 1. The summed E-state index contributed by atoms with van der Waals surface area (Å²) in [4.78, 5) is 24.4. The van der Waals surface area contributed by atoms with Crippen LogP contribution in [0.4, 0.5) is 8.78 Å². The Morgan fingerprint density at radius 3 is 2.43 bits per heavy atom. The molecule has 0 unspecified atom stereocenters. The number of aromatic nitrogens is 2. The fraction of sp³-hybridized carbons (Fsp3) is 0.154. The van der Waals surface area contributed by atoms with Gasteiger partial charge in [0.1, 0.15) is 0 Å². The number of carbonyl (C=O) groups is 2. The van der Waals surface area contributed by atoms with E-state index in [4.69, 9.17) is 5.11 Å². The second-order valence-corrected chi connectivity index (χ2v) is 4.38. The topological polar surface area (TPSA) is 86.3 Å². The number of benzene rings is 1. The van der Waals surface area contributed by atoms with E-state index in [9.17, 15) is 18.4 Å². The summed E-state index contributed by atoms with van der Waals surface area (Å²) in [6.45, 7) is 0.146. The zero-order chi connectivity index (χ0) is 15.6. The van der Waals surface area contributed by atoms with E-state index in [0.29, 0.717) is 17.7 Å². The molecule has 0 atom stereocenters. The third-order valence-corrected chi connectivity index (χ3v) is 2.84. The lowest BCUT2D eigenvalue weighted by Gasteiger charge is -2.17. The van der Waals surface area contributed by atoms with Crippen LogP contribution in [0, 0.1) is 11.6 Å². The molecule has 0 aliphatic carbocycles. The van der Waals surface area contributed by atoms with E-state index >= 15 is 0 Å². The Bertz CT molecular complexity index is 686. The highest BCUT2D eigenvalue weighted by atomic mass is 19.2. The largest absolute Gasteiger partial charge is 0.478 e. The minimum absolute atomic E-state index is 0.146. The highest BCUT2D eigenvalue weighted by Crippen LogP contribution is 2.18. The molecule has 0 bridgehead atoms. The van der Waals surface area contributed by atoms with Gasteiger partial charge >= 0.3 is 5.97 Å². The summed E-state index contributed by atoms with van der Waals surface area (Å²) in [5.41, 5.74) is -0.310. The highest BCUT2D eigenvalue weighted by Gasteiger charge is 2.23. The van der Waals surface area contributed by atoms with Crippen LogP contribution < -0.4 is 0 Å². The van der Waals surface area contributed by atoms with Crippen LogP contribution in [-0.2, 0) is 6.54 Å². The predicted octanol–water partition coefficient (Wildman–Crippen LogP) is 1.66. The molecular weight excluding hydrogens is 284 g/mol. The van der Waals surface area contributed by atoms with Crippen molar-refractivity contribution in [3.8, 4) is 0 Å². The first-order valence-electron chi connectivity index (χ1n) is 5.85. The lowest BCUT2D eigenvalue weighted by atomic mass is 10.1. The van der Waals surface area contributed by atoms with Gasteiger partial charge in [-0.3, -0.25) is 9.89 Å². The Kier molecular flexibility index (Phi) is 3.97. The molecule has 0 saturated heterocycles. The van der Waals surface area contributed by atoms with E-state index in [1.54, 1.807) is 6.20 Å². The molecule has 2 aromatic rings. The average molecular weight is 295 g/mol. The van der Waals surface area contributed by atoms with Crippen LogP contribution in [0.25, 0.3) is 0 Å². The van der Waals surface area contributed by atoms with Gasteiger partial charge in [0.15, 0.2) is 11.6 Å². The number of rotatable bonds is 4. The van der Waals surface area contributed by atoms with Crippen molar-refractivity contribution >= 4 is 11.9 Å². The number of carboxylic acids is 1. The minimum atomic E-state index is -1.51. The SMILES string of the molecule is CN(Cc1cn[nH]c1)C(=O)c1cc(F)c(F)cc1C(=O)O. The van der Waals surface area contributed by atoms with Gasteiger partial charge in [0.2, 0.25) is 0 Å². The standard InChI is InChI=1S/C13H11F2N3O3/c1-18(6-7-4-16-17-5-7)12(19)8-2-10(14)11(15)3-9(8)13(20)21/h2-5H,6H2,1H3,(H,16,17)(H,20,21). The number of amides is 1. The molecule has 1 aromatic heterocycles. The molecule has 1 aromatic carbocycles. The Labute approximate surface area is 118 Å². The van der Waals surface area contributed by atoms with Crippen LogP contribution in [-0.4, -0.2) is 39.1 Å².